The first kappa shape index (κ1) is 14.5. The number of carbonyl (C=O) groups is 1. The fourth-order valence-electron chi connectivity index (χ4n) is 2.58. The molecule has 0 atom stereocenters. The summed E-state index contributed by atoms with van der Waals surface area (Å²) in [5.41, 5.74) is 0.0769. The van der Waals surface area contributed by atoms with Gasteiger partial charge >= 0.3 is 0 Å². The summed E-state index contributed by atoms with van der Waals surface area (Å²) in [4.78, 5) is 13.9. The first-order valence-corrected chi connectivity index (χ1v) is 7.82. The number of fused-ring (bicyclic) bond motifs is 1. The molecule has 0 spiro atoms. The lowest BCUT2D eigenvalue weighted by atomic mass is 9.94. The molecule has 1 aliphatic rings. The second-order valence-electron chi connectivity index (χ2n) is 5.56. The standard InChI is InChI=1S/C14H19N3O3S/c1-9-10-7-11(21-13(10)17(2)16-9)12(18)15-8-14(19)3-5-20-6-4-14/h7,19H,3-6,8H2,1-2H3,(H,15,18). The zero-order valence-electron chi connectivity index (χ0n) is 12.2. The van der Waals surface area contributed by atoms with Crippen molar-refractivity contribution in [2.45, 2.75) is 25.4 Å². The van der Waals surface area contributed by atoms with Crippen LogP contribution < -0.4 is 5.32 Å². The number of carbonyl (C=O) groups excluding carboxylic acids is 1. The molecular weight excluding hydrogens is 290 g/mol. The molecule has 0 radical (unpaired) electrons. The normalized spacial score (nSPS) is 18.0. The Morgan fingerprint density at radius 3 is 2.95 bits per heavy atom. The Kier molecular flexibility index (Phi) is 3.73. The number of amides is 1. The summed E-state index contributed by atoms with van der Waals surface area (Å²) >= 11 is 1.42. The van der Waals surface area contributed by atoms with Crippen LogP contribution in [0.25, 0.3) is 10.2 Å². The van der Waals surface area contributed by atoms with Crippen molar-refractivity contribution in [1.82, 2.24) is 15.1 Å². The number of ether oxygens (including phenoxy) is 1. The van der Waals surface area contributed by atoms with E-state index in [1.54, 1.807) is 4.68 Å². The second-order valence-corrected chi connectivity index (χ2v) is 6.59. The molecule has 3 rings (SSSR count). The van der Waals surface area contributed by atoms with Crippen molar-refractivity contribution in [2.24, 2.45) is 7.05 Å². The van der Waals surface area contributed by atoms with Crippen molar-refractivity contribution < 1.29 is 14.6 Å². The van der Waals surface area contributed by atoms with Gasteiger partial charge in [-0.2, -0.15) is 5.10 Å². The van der Waals surface area contributed by atoms with Gasteiger partial charge in [-0.05, 0) is 13.0 Å². The Morgan fingerprint density at radius 1 is 1.57 bits per heavy atom. The van der Waals surface area contributed by atoms with Crippen LogP contribution in [0, 0.1) is 6.92 Å². The topological polar surface area (TPSA) is 76.4 Å². The van der Waals surface area contributed by atoms with Crippen LogP contribution in [-0.4, -0.2) is 46.2 Å². The number of aryl methyl sites for hydroxylation is 2. The third kappa shape index (κ3) is 2.81. The molecule has 1 saturated heterocycles. The molecular formula is C14H19N3O3S. The predicted molar refractivity (Wildman–Crippen MR) is 80.7 cm³/mol. The monoisotopic (exact) mass is 309 g/mol. The van der Waals surface area contributed by atoms with Crippen LogP contribution in [0.15, 0.2) is 6.07 Å². The molecule has 0 saturated carbocycles. The van der Waals surface area contributed by atoms with Crippen molar-refractivity contribution >= 4 is 27.5 Å². The van der Waals surface area contributed by atoms with E-state index in [1.807, 2.05) is 20.0 Å². The van der Waals surface area contributed by atoms with Gasteiger partial charge in [-0.1, -0.05) is 0 Å². The van der Waals surface area contributed by atoms with Gasteiger partial charge < -0.3 is 15.2 Å². The van der Waals surface area contributed by atoms with E-state index in [0.717, 1.165) is 15.9 Å². The lowest BCUT2D eigenvalue weighted by Crippen LogP contribution is -2.46. The average Bonchev–Trinajstić information content (AvgIpc) is 3.00. The molecule has 21 heavy (non-hydrogen) atoms. The zero-order valence-corrected chi connectivity index (χ0v) is 13.0. The molecule has 1 amide bonds. The summed E-state index contributed by atoms with van der Waals surface area (Å²) in [5.74, 6) is -0.143. The minimum atomic E-state index is -0.845. The van der Waals surface area contributed by atoms with E-state index >= 15 is 0 Å². The van der Waals surface area contributed by atoms with Crippen LogP contribution in [0.2, 0.25) is 0 Å². The predicted octanol–water partition coefficient (Wildman–Crippen LogP) is 1.21. The number of thiophene rings is 1. The molecule has 2 aromatic heterocycles. The number of hydrogen-bond donors (Lipinski definition) is 2. The summed E-state index contributed by atoms with van der Waals surface area (Å²) in [5, 5.41) is 18.5. The maximum Gasteiger partial charge on any atom is 0.261 e. The number of rotatable bonds is 3. The molecule has 0 unspecified atom stereocenters. The number of hydrogen-bond acceptors (Lipinski definition) is 5. The highest BCUT2D eigenvalue weighted by atomic mass is 32.1. The van der Waals surface area contributed by atoms with Crippen LogP contribution in [0.4, 0.5) is 0 Å². The minimum Gasteiger partial charge on any atom is -0.388 e. The molecule has 7 heteroatoms. The zero-order chi connectivity index (χ0) is 15.0. The van der Waals surface area contributed by atoms with Crippen molar-refractivity contribution in [3.8, 4) is 0 Å². The van der Waals surface area contributed by atoms with E-state index in [-0.39, 0.29) is 12.5 Å². The van der Waals surface area contributed by atoms with Crippen LogP contribution in [0.1, 0.15) is 28.2 Å². The summed E-state index contributed by atoms with van der Waals surface area (Å²) in [6.07, 6.45) is 1.12. The van der Waals surface area contributed by atoms with Crippen LogP contribution in [-0.2, 0) is 11.8 Å². The van der Waals surface area contributed by atoms with Crippen molar-refractivity contribution in [1.29, 1.82) is 0 Å². The van der Waals surface area contributed by atoms with E-state index in [9.17, 15) is 9.90 Å². The molecule has 0 aliphatic carbocycles. The van der Waals surface area contributed by atoms with Crippen molar-refractivity contribution in [3.63, 3.8) is 0 Å². The van der Waals surface area contributed by atoms with Crippen LogP contribution in [0.3, 0.4) is 0 Å². The summed E-state index contributed by atoms with van der Waals surface area (Å²) in [6.45, 7) is 3.28. The van der Waals surface area contributed by atoms with Gasteiger partial charge in [0.25, 0.3) is 5.91 Å². The van der Waals surface area contributed by atoms with Crippen LogP contribution in [0.5, 0.6) is 0 Å². The van der Waals surface area contributed by atoms with Crippen molar-refractivity contribution in [3.05, 3.63) is 16.6 Å². The van der Waals surface area contributed by atoms with Gasteiger partial charge in [0.15, 0.2) is 0 Å². The fourth-order valence-corrected chi connectivity index (χ4v) is 3.62. The van der Waals surface area contributed by atoms with Gasteiger partial charge in [0.2, 0.25) is 0 Å². The van der Waals surface area contributed by atoms with Gasteiger partial charge in [0.1, 0.15) is 4.83 Å². The minimum absolute atomic E-state index is 0.143. The Bertz CT molecular complexity index is 636. The number of aromatic nitrogens is 2. The average molecular weight is 309 g/mol. The van der Waals surface area contributed by atoms with Crippen LogP contribution >= 0.6 is 11.3 Å². The molecule has 2 aromatic rings. The highest BCUT2D eigenvalue weighted by Crippen LogP contribution is 2.27. The smallest absolute Gasteiger partial charge is 0.261 e. The van der Waals surface area contributed by atoms with Gasteiger partial charge in [0.05, 0.1) is 16.2 Å². The molecule has 0 aromatic carbocycles. The lowest BCUT2D eigenvalue weighted by molar-refractivity contribution is -0.0605. The Morgan fingerprint density at radius 2 is 2.29 bits per heavy atom. The fraction of sp³-hybridized carbons (Fsp3) is 0.571. The van der Waals surface area contributed by atoms with Gasteiger partial charge in [0, 0.05) is 45.0 Å². The Hall–Kier alpha value is -1.44. The van der Waals surface area contributed by atoms with Gasteiger partial charge in [-0.3, -0.25) is 9.48 Å². The third-order valence-corrected chi connectivity index (χ3v) is 5.12. The summed E-state index contributed by atoms with van der Waals surface area (Å²) < 4.78 is 7.02. The second kappa shape index (κ2) is 5.40. The molecule has 0 bridgehead atoms. The van der Waals surface area contributed by atoms with E-state index in [0.29, 0.717) is 30.9 Å². The summed E-state index contributed by atoms with van der Waals surface area (Å²) in [7, 11) is 1.87. The molecule has 114 valence electrons. The number of nitrogens with zero attached hydrogens (tertiary/aromatic N) is 2. The van der Waals surface area contributed by atoms with E-state index in [4.69, 9.17) is 4.74 Å². The molecule has 3 heterocycles. The van der Waals surface area contributed by atoms with E-state index in [2.05, 4.69) is 10.4 Å². The molecule has 2 N–H and O–H groups in total. The van der Waals surface area contributed by atoms with Gasteiger partial charge in [-0.25, -0.2) is 0 Å². The maximum absolute atomic E-state index is 12.2. The highest BCUT2D eigenvalue weighted by Gasteiger charge is 2.30. The third-order valence-electron chi connectivity index (χ3n) is 3.92. The quantitative estimate of drug-likeness (QED) is 0.893. The molecule has 6 nitrogen and oxygen atoms in total. The molecule has 1 aliphatic heterocycles. The van der Waals surface area contributed by atoms with Gasteiger partial charge in [-0.15, -0.1) is 11.3 Å². The largest absolute Gasteiger partial charge is 0.388 e. The maximum atomic E-state index is 12.2. The van der Waals surface area contributed by atoms with Crippen molar-refractivity contribution in [2.75, 3.05) is 19.8 Å². The van der Waals surface area contributed by atoms with E-state index in [1.165, 1.54) is 11.3 Å². The first-order chi connectivity index (χ1) is 9.98. The number of aliphatic hydroxyl groups is 1. The highest BCUT2D eigenvalue weighted by molar-refractivity contribution is 7.20. The number of nitrogens with one attached hydrogen (secondary N) is 1. The first-order valence-electron chi connectivity index (χ1n) is 7.00. The Labute approximate surface area is 126 Å². The molecule has 1 fully saturated rings. The summed E-state index contributed by atoms with van der Waals surface area (Å²) in [6, 6.07) is 1.87. The SMILES string of the molecule is Cc1nn(C)c2sc(C(=O)NCC3(O)CCOCC3)cc12. The lowest BCUT2D eigenvalue weighted by Gasteiger charge is -2.31. The Balaban J connectivity index is 1.70. The van der Waals surface area contributed by atoms with E-state index < -0.39 is 5.60 Å².